The third-order valence-corrected chi connectivity index (χ3v) is 27.5. The maximum Gasteiger partial charge on any atom is 0.407 e. The molecule has 0 amide bonds. The van der Waals surface area contributed by atoms with Crippen LogP contribution in [0.25, 0.3) is 0 Å². The molecule has 0 aliphatic rings. The van der Waals surface area contributed by atoms with Gasteiger partial charge in [-0.15, -0.1) is 0 Å². The van der Waals surface area contributed by atoms with Crippen LogP contribution >= 0.6 is 0 Å². The summed E-state index contributed by atoms with van der Waals surface area (Å²) in [6, 6.07) is 0. The number of hydrogen-bond acceptors (Lipinski definition) is 18. The molecule has 1 unspecified atom stereocenters. The molecule has 0 bridgehead atoms. The molecule has 8 N–H and O–H groups in total. The van der Waals surface area contributed by atoms with Gasteiger partial charge < -0.3 is 74.0 Å². The molecule has 0 heterocycles. The molecule has 0 aromatic heterocycles. The number of unbranched alkanes of at least 4 members (excludes halogenated alkanes) is 82. The van der Waals surface area contributed by atoms with E-state index in [1.54, 1.807) is 0 Å². The summed E-state index contributed by atoms with van der Waals surface area (Å²) in [6.45, 7) is 6.15. The third-order valence-electron chi connectivity index (χ3n) is 27.5. The van der Waals surface area contributed by atoms with E-state index in [-0.39, 0.29) is 99.1 Å². The lowest BCUT2D eigenvalue weighted by Gasteiger charge is -2.56. The van der Waals surface area contributed by atoms with Crippen molar-refractivity contribution in [1.82, 2.24) is 0 Å². The van der Waals surface area contributed by atoms with Gasteiger partial charge in [0, 0.05) is 59.5 Å². The summed E-state index contributed by atoms with van der Waals surface area (Å²) in [5.41, 5.74) is 0. The molecule has 0 aromatic carbocycles. The van der Waals surface area contributed by atoms with Crippen molar-refractivity contribution in [1.29, 1.82) is 0 Å². The Bertz CT molecular complexity index is 2050. The quantitative estimate of drug-likeness (QED) is 0.0122. The van der Waals surface area contributed by atoms with E-state index in [4.69, 9.17) is 42.9 Å². The van der Waals surface area contributed by atoms with E-state index in [1.165, 1.54) is 148 Å². The minimum absolute atomic E-state index is 0.135. The first-order valence-corrected chi connectivity index (χ1v) is 58.5. The number of hydrogen-bond donors (Lipinski definition) is 8. The molecule has 0 aliphatic heterocycles. The van der Waals surface area contributed by atoms with Crippen molar-refractivity contribution in [3.05, 3.63) is 0 Å². The molecule has 0 spiro atoms. The van der Waals surface area contributed by atoms with Gasteiger partial charge in [-0.05, 0) is 109 Å². The van der Waals surface area contributed by atoms with E-state index in [2.05, 4.69) is 6.92 Å². The van der Waals surface area contributed by atoms with Crippen LogP contribution in [0.5, 0.6) is 0 Å². The molecule has 1 atom stereocenters. The lowest BCUT2D eigenvalue weighted by Crippen LogP contribution is -2.80. The first-order chi connectivity index (χ1) is 65.4. The van der Waals surface area contributed by atoms with Crippen molar-refractivity contribution in [2.24, 2.45) is 0 Å². The highest BCUT2D eigenvalue weighted by Crippen LogP contribution is 2.50. The first-order valence-electron chi connectivity index (χ1n) is 58.5. The second kappa shape index (κ2) is 110. The van der Waals surface area contributed by atoms with Crippen molar-refractivity contribution < 1.29 is 88.6 Å². The molecule has 0 aromatic rings. The van der Waals surface area contributed by atoms with Gasteiger partial charge in [-0.25, -0.2) is 4.79 Å². The zero-order valence-corrected chi connectivity index (χ0v) is 87.6. The standard InChI is InChI=1S/C114H228O18/c1-2-3-4-5-6-7-8-25-42-59-76-93-110(124-102-85-68-51-34-17-9-26-43-60-77-94-115)112(125-103-86-69-52-35-18-10-27-44-61-78-95-116,126-104-87-70-53-36-19-11-28-45-62-79-96-117)114(129-107-90-73-56-39-22-14-31-48-65-82-99-120,130-108-91-74-57-40-23-15-32-49-66-83-100-121)113(127-105-88-71-54-37-20-12-29-46-63-80-97-118,128-106-89-72-55-38-21-13-30-47-64-81-98-119)111(123)132-131-109-92-75-58-41-24-16-33-50-67-84-101-122/h110,115-122H,2-109H2,1H3. The number of rotatable bonds is 120. The van der Waals surface area contributed by atoms with E-state index in [1.807, 2.05) is 0 Å². The lowest BCUT2D eigenvalue weighted by molar-refractivity contribution is -0.505. The molecular weight excluding hydrogens is 1660 g/mol. The fraction of sp³-hybridized carbons (Fsp3) is 0.991. The predicted molar refractivity (Wildman–Crippen MR) is 553 cm³/mol. The van der Waals surface area contributed by atoms with Crippen molar-refractivity contribution in [3.63, 3.8) is 0 Å². The summed E-state index contributed by atoms with van der Waals surface area (Å²) in [5, 5.41) is 76.2. The van der Waals surface area contributed by atoms with Crippen LogP contribution in [-0.2, 0) is 47.7 Å². The van der Waals surface area contributed by atoms with Gasteiger partial charge in [0.05, 0.1) is 46.2 Å². The van der Waals surface area contributed by atoms with Crippen molar-refractivity contribution in [3.8, 4) is 0 Å². The number of aliphatic hydroxyl groups is 8. The second-order valence-corrected chi connectivity index (χ2v) is 39.9. The smallest absolute Gasteiger partial charge is 0.396 e. The minimum Gasteiger partial charge on any atom is -0.396 e. The maximum atomic E-state index is 17.5. The predicted octanol–water partition coefficient (Wildman–Crippen LogP) is 30.9. The first kappa shape index (κ1) is 131. The van der Waals surface area contributed by atoms with Crippen molar-refractivity contribution >= 4 is 5.97 Å². The Labute approximate surface area is 816 Å². The Kier molecular flexibility index (Phi) is 109. The number of carbonyl (C=O) groups excluding carboxylic acids is 1. The average molecular weight is 1890 g/mol. The van der Waals surface area contributed by atoms with Gasteiger partial charge in [-0.2, -0.15) is 4.89 Å². The molecule has 0 saturated heterocycles. The Morgan fingerprint density at radius 3 is 0.568 bits per heavy atom. The minimum atomic E-state index is -2.50. The fourth-order valence-corrected chi connectivity index (χ4v) is 18.9. The van der Waals surface area contributed by atoms with Gasteiger partial charge in [0.25, 0.3) is 11.6 Å². The van der Waals surface area contributed by atoms with Crippen LogP contribution in [0.2, 0.25) is 0 Å². The molecule has 0 aliphatic carbocycles. The monoisotopic (exact) mass is 1890 g/mol. The Hall–Kier alpha value is -1.17. The molecule has 18 heteroatoms. The maximum absolute atomic E-state index is 17.5. The fourth-order valence-electron chi connectivity index (χ4n) is 18.9. The molecule has 132 heavy (non-hydrogen) atoms. The highest BCUT2D eigenvalue weighted by Gasteiger charge is 2.78. The van der Waals surface area contributed by atoms with Crippen LogP contribution in [0.1, 0.15) is 598 Å². The average Bonchev–Trinajstić information content (AvgIpc) is 0.703. The molecule has 0 radical (unpaired) electrons. The number of carbonyl (C=O) groups is 1. The summed E-state index contributed by atoms with van der Waals surface area (Å²) in [5.74, 6) is -7.66. The lowest BCUT2D eigenvalue weighted by atomic mass is 9.86. The van der Waals surface area contributed by atoms with E-state index >= 15 is 4.79 Å². The van der Waals surface area contributed by atoms with Crippen LogP contribution in [0.4, 0.5) is 0 Å². The van der Waals surface area contributed by atoms with Gasteiger partial charge in [0.15, 0.2) is 0 Å². The summed E-state index contributed by atoms with van der Waals surface area (Å²) >= 11 is 0. The van der Waals surface area contributed by atoms with Gasteiger partial charge in [-0.1, -0.05) is 488 Å². The molecule has 792 valence electrons. The van der Waals surface area contributed by atoms with Gasteiger partial charge in [0.2, 0.25) is 0 Å². The van der Waals surface area contributed by atoms with E-state index in [9.17, 15) is 40.9 Å². The van der Waals surface area contributed by atoms with Crippen LogP contribution in [0.15, 0.2) is 0 Å². The summed E-state index contributed by atoms with van der Waals surface area (Å²) < 4.78 is 56.6. The molecular formula is C114H228O18. The van der Waals surface area contributed by atoms with Crippen LogP contribution in [0.3, 0.4) is 0 Å². The largest absolute Gasteiger partial charge is 0.407 e. The molecule has 0 rings (SSSR count). The zero-order chi connectivity index (χ0) is 95.4. The summed E-state index contributed by atoms with van der Waals surface area (Å²) in [7, 11) is 0. The van der Waals surface area contributed by atoms with E-state index < -0.39 is 29.4 Å². The highest BCUT2D eigenvalue weighted by molar-refractivity contribution is 5.79. The Morgan fingerprint density at radius 1 is 0.189 bits per heavy atom. The molecule has 0 saturated carbocycles. The highest BCUT2D eigenvalue weighted by atomic mass is 17.2. The van der Waals surface area contributed by atoms with Gasteiger partial charge in [0.1, 0.15) is 6.10 Å². The number of aliphatic hydroxyl groups excluding tert-OH is 8. The summed E-state index contributed by atoms with van der Waals surface area (Å²) in [4.78, 5) is 30.5. The SMILES string of the molecule is CCCCCCCCCCCCCC(OCCCCCCCCCCCCO)C(OCCCCCCCCCCCCO)(OCCCCCCCCCCCCO)C(OCCCCCCCCCCCCO)(OCCCCCCCCCCCCO)C(OCCCCCCCCCCCCO)(OCCCCCCCCCCCCO)C(=O)OOCCCCCCCCCCCCO. The van der Waals surface area contributed by atoms with Gasteiger partial charge in [-0.3, -0.25) is 4.89 Å². The van der Waals surface area contributed by atoms with Crippen LogP contribution < -0.4 is 0 Å². The molecule has 0 fully saturated rings. The summed E-state index contributed by atoms with van der Waals surface area (Å²) in [6.07, 6.45) is 95.4. The topological polar surface area (TPSA) is 262 Å². The second-order valence-electron chi connectivity index (χ2n) is 39.9. The van der Waals surface area contributed by atoms with E-state index in [0.29, 0.717) is 45.1 Å². The van der Waals surface area contributed by atoms with Crippen molar-refractivity contribution in [2.45, 2.75) is 621 Å². The zero-order valence-electron chi connectivity index (χ0n) is 87.6. The van der Waals surface area contributed by atoms with Crippen LogP contribution in [-0.4, -0.2) is 176 Å². The number of ether oxygens (including phenoxy) is 7. The normalized spacial score (nSPS) is 12.5. The molecule has 18 nitrogen and oxygen atoms in total. The Balaban J connectivity index is 9.69. The Morgan fingerprint density at radius 2 is 0.356 bits per heavy atom. The van der Waals surface area contributed by atoms with E-state index in [0.717, 1.165) is 405 Å². The third kappa shape index (κ3) is 81.4. The van der Waals surface area contributed by atoms with Gasteiger partial charge >= 0.3 is 11.8 Å². The van der Waals surface area contributed by atoms with Crippen LogP contribution in [0, 0.1) is 0 Å². The van der Waals surface area contributed by atoms with Crippen molar-refractivity contribution in [2.75, 3.05) is 106 Å².